The van der Waals surface area contributed by atoms with Gasteiger partial charge in [-0.15, -0.1) is 0 Å². The molecule has 6 heterocycles. The summed E-state index contributed by atoms with van der Waals surface area (Å²) in [4.78, 5) is 19.3. The van der Waals surface area contributed by atoms with Gasteiger partial charge < -0.3 is 15.0 Å². The zero-order valence-corrected chi connectivity index (χ0v) is 17.8. The van der Waals surface area contributed by atoms with Crippen LogP contribution in [0.3, 0.4) is 0 Å². The predicted octanol–water partition coefficient (Wildman–Crippen LogP) is 2.53. The number of halogens is 3. The van der Waals surface area contributed by atoms with E-state index in [9.17, 15) is 13.2 Å². The minimum absolute atomic E-state index is 0.155. The second-order valence-electron chi connectivity index (χ2n) is 9.03. The van der Waals surface area contributed by atoms with E-state index in [-0.39, 0.29) is 17.5 Å². The van der Waals surface area contributed by atoms with E-state index >= 15 is 0 Å². The number of piperidine rings is 1. The molecule has 0 amide bonds. The topological polar surface area (TPSA) is 93.9 Å². The molecule has 3 aromatic rings. The summed E-state index contributed by atoms with van der Waals surface area (Å²) < 4.78 is 46.7. The van der Waals surface area contributed by atoms with Crippen LogP contribution in [-0.4, -0.2) is 62.6 Å². The number of nitrogens with zero attached hydrogens (tertiary/aromatic N) is 7. The van der Waals surface area contributed by atoms with Gasteiger partial charge in [0, 0.05) is 13.1 Å². The highest BCUT2D eigenvalue weighted by molar-refractivity contribution is 5.71. The Morgan fingerprint density at radius 3 is 2.58 bits per heavy atom. The zero-order valence-electron chi connectivity index (χ0n) is 17.8. The van der Waals surface area contributed by atoms with Gasteiger partial charge in [0.25, 0.3) is 0 Å². The van der Waals surface area contributed by atoms with E-state index in [0.717, 1.165) is 62.1 Å². The average Bonchev–Trinajstić information content (AvgIpc) is 3.37. The average molecular weight is 460 g/mol. The van der Waals surface area contributed by atoms with E-state index in [0.29, 0.717) is 18.9 Å². The molecule has 0 bridgehead atoms. The van der Waals surface area contributed by atoms with Gasteiger partial charge in [0.05, 0.1) is 49.7 Å². The fourth-order valence-corrected chi connectivity index (χ4v) is 5.22. The van der Waals surface area contributed by atoms with Crippen molar-refractivity contribution >= 4 is 17.0 Å². The molecular formula is C21H23F3N8O. The lowest BCUT2D eigenvalue weighted by Gasteiger charge is -2.43. The van der Waals surface area contributed by atoms with Crippen LogP contribution in [0.4, 0.5) is 19.0 Å². The van der Waals surface area contributed by atoms with Crippen molar-refractivity contribution < 1.29 is 17.9 Å². The molecule has 0 radical (unpaired) electrons. The highest BCUT2D eigenvalue weighted by Gasteiger charge is 2.47. The number of anilines is 1. The fraction of sp³-hybridized carbons (Fsp3) is 0.571. The number of hydrogen-bond donors (Lipinski definition) is 1. The Kier molecular flexibility index (Phi) is 4.77. The van der Waals surface area contributed by atoms with Crippen molar-refractivity contribution in [1.29, 1.82) is 0 Å². The molecule has 3 saturated heterocycles. The van der Waals surface area contributed by atoms with Gasteiger partial charge in [-0.3, -0.25) is 4.98 Å². The fourth-order valence-electron chi connectivity index (χ4n) is 5.22. The van der Waals surface area contributed by atoms with Gasteiger partial charge in [-0.1, -0.05) is 0 Å². The van der Waals surface area contributed by atoms with Crippen molar-refractivity contribution in [2.24, 2.45) is 5.41 Å². The van der Waals surface area contributed by atoms with Gasteiger partial charge in [-0.25, -0.2) is 19.6 Å². The first-order valence-electron chi connectivity index (χ1n) is 11.1. The summed E-state index contributed by atoms with van der Waals surface area (Å²) in [7, 11) is 0. The van der Waals surface area contributed by atoms with E-state index < -0.39 is 11.9 Å². The molecular weight excluding hydrogens is 437 g/mol. The van der Waals surface area contributed by atoms with Gasteiger partial charge >= 0.3 is 6.18 Å². The van der Waals surface area contributed by atoms with Crippen LogP contribution in [0.15, 0.2) is 24.8 Å². The van der Waals surface area contributed by atoms with Crippen molar-refractivity contribution in [3.05, 3.63) is 36.2 Å². The Hall–Kier alpha value is -2.86. The standard InChI is InChI=1S/C21H23F3N8O/c22-21(23,24)16-9-25-7-14(29-16)18-20(1-4-26-18)2-5-31(6-3-20)17-10-27-15-8-28-32(19(15)30-17)13-11-33-12-13/h7-10,13,18,26H,1-6,11-12H2. The third-order valence-corrected chi connectivity index (χ3v) is 7.16. The normalized spacial score (nSPS) is 23.4. The Labute approximate surface area is 187 Å². The van der Waals surface area contributed by atoms with Crippen LogP contribution < -0.4 is 10.2 Å². The number of alkyl halides is 3. The molecule has 6 rings (SSSR count). The van der Waals surface area contributed by atoms with Gasteiger partial charge in [0.15, 0.2) is 11.3 Å². The van der Waals surface area contributed by atoms with E-state index in [1.54, 1.807) is 12.4 Å². The Morgan fingerprint density at radius 2 is 1.85 bits per heavy atom. The Morgan fingerprint density at radius 1 is 1.03 bits per heavy atom. The summed E-state index contributed by atoms with van der Waals surface area (Å²) in [5.74, 6) is 0.792. The summed E-state index contributed by atoms with van der Waals surface area (Å²) in [6.07, 6.45) is 3.75. The monoisotopic (exact) mass is 460 g/mol. The maximum atomic E-state index is 13.2. The maximum Gasteiger partial charge on any atom is 0.434 e. The summed E-state index contributed by atoms with van der Waals surface area (Å²) in [6, 6.07) is -0.0568. The van der Waals surface area contributed by atoms with E-state index in [2.05, 4.69) is 30.3 Å². The van der Waals surface area contributed by atoms with Crippen molar-refractivity contribution in [1.82, 2.24) is 35.0 Å². The summed E-state index contributed by atoms with van der Waals surface area (Å²) >= 11 is 0. The van der Waals surface area contributed by atoms with E-state index in [4.69, 9.17) is 9.72 Å². The second kappa shape index (κ2) is 7.59. The predicted molar refractivity (Wildman–Crippen MR) is 111 cm³/mol. The number of fused-ring (bicyclic) bond motifs is 1. The number of hydrogen-bond acceptors (Lipinski definition) is 8. The highest BCUT2D eigenvalue weighted by atomic mass is 19.4. The highest BCUT2D eigenvalue weighted by Crippen LogP contribution is 2.49. The molecule has 3 aliphatic rings. The molecule has 1 spiro atoms. The third kappa shape index (κ3) is 3.52. The molecule has 9 nitrogen and oxygen atoms in total. The lowest BCUT2D eigenvalue weighted by atomic mass is 9.71. The molecule has 3 fully saturated rings. The number of aromatic nitrogens is 6. The van der Waals surface area contributed by atoms with E-state index in [1.807, 2.05) is 4.68 Å². The smallest absolute Gasteiger partial charge is 0.377 e. The molecule has 1 N–H and O–H groups in total. The first kappa shape index (κ1) is 20.7. The molecule has 0 saturated carbocycles. The Balaban J connectivity index is 1.22. The minimum Gasteiger partial charge on any atom is -0.377 e. The number of rotatable bonds is 3. The molecule has 0 aliphatic carbocycles. The largest absolute Gasteiger partial charge is 0.434 e. The summed E-state index contributed by atoms with van der Waals surface area (Å²) in [6.45, 7) is 3.48. The molecule has 12 heteroatoms. The quantitative estimate of drug-likeness (QED) is 0.638. The molecule has 1 unspecified atom stereocenters. The first-order chi connectivity index (χ1) is 15.9. The molecule has 3 aliphatic heterocycles. The Bertz CT molecular complexity index is 1170. The van der Waals surface area contributed by atoms with E-state index in [1.165, 1.54) is 6.20 Å². The van der Waals surface area contributed by atoms with Gasteiger partial charge in [-0.05, 0) is 31.2 Å². The zero-order chi connectivity index (χ0) is 22.6. The molecule has 33 heavy (non-hydrogen) atoms. The second-order valence-corrected chi connectivity index (χ2v) is 9.03. The third-order valence-electron chi connectivity index (χ3n) is 7.16. The summed E-state index contributed by atoms with van der Waals surface area (Å²) in [5.41, 5.74) is 0.766. The van der Waals surface area contributed by atoms with Gasteiger partial charge in [-0.2, -0.15) is 18.3 Å². The molecule has 1 atom stereocenters. The van der Waals surface area contributed by atoms with Crippen molar-refractivity contribution in [2.45, 2.75) is 37.5 Å². The maximum absolute atomic E-state index is 13.2. The lowest BCUT2D eigenvalue weighted by molar-refractivity contribution is -0.141. The number of nitrogens with one attached hydrogen (secondary N) is 1. The SMILES string of the molecule is FC(F)(F)c1cncc(C2NCCC23CCN(c2cnc4cnn(C5COC5)c4n2)CC3)n1. The van der Waals surface area contributed by atoms with Crippen LogP contribution >= 0.6 is 0 Å². The van der Waals surface area contributed by atoms with Gasteiger partial charge in [0.1, 0.15) is 17.4 Å². The molecule has 174 valence electrons. The number of ether oxygens (including phenoxy) is 1. The summed E-state index contributed by atoms with van der Waals surface area (Å²) in [5, 5.41) is 7.80. The molecule has 3 aromatic heterocycles. The van der Waals surface area contributed by atoms with Gasteiger partial charge in [0.2, 0.25) is 0 Å². The van der Waals surface area contributed by atoms with Crippen LogP contribution in [0, 0.1) is 5.41 Å². The van der Waals surface area contributed by atoms with Crippen molar-refractivity contribution in [3.8, 4) is 0 Å². The van der Waals surface area contributed by atoms with Crippen LogP contribution in [0.2, 0.25) is 0 Å². The first-order valence-corrected chi connectivity index (χ1v) is 11.1. The van der Waals surface area contributed by atoms with Crippen LogP contribution in [-0.2, 0) is 10.9 Å². The van der Waals surface area contributed by atoms with Crippen LogP contribution in [0.25, 0.3) is 11.2 Å². The molecule has 0 aromatic carbocycles. The van der Waals surface area contributed by atoms with Crippen LogP contribution in [0.5, 0.6) is 0 Å². The van der Waals surface area contributed by atoms with Crippen molar-refractivity contribution in [2.75, 3.05) is 37.7 Å². The lowest BCUT2D eigenvalue weighted by Crippen LogP contribution is -2.43. The van der Waals surface area contributed by atoms with Crippen LogP contribution in [0.1, 0.15) is 42.7 Å². The van der Waals surface area contributed by atoms with Crippen molar-refractivity contribution in [3.63, 3.8) is 0 Å². The minimum atomic E-state index is -4.51.